The van der Waals surface area contributed by atoms with Gasteiger partial charge in [0.15, 0.2) is 0 Å². The summed E-state index contributed by atoms with van der Waals surface area (Å²) in [6.45, 7) is 6.06. The second-order valence-corrected chi connectivity index (χ2v) is 19.7. The summed E-state index contributed by atoms with van der Waals surface area (Å²) in [5, 5.41) is 14.6. The topological polar surface area (TPSA) is 185 Å². The standard InChI is InChI=1S/C40H51ClF3N5O9S/c1-7-23-16-22(2)10-8-9-11-25-20-39(25,35(52)47-59(55,56)38(5)13-14-38)46-32(50)29-18-26(58-33-27-19-28(41)30(57-6)17-24(27)12-15-45-33)21-48(29)34(51)31(23)49(36(53)54)37(3,4)40(42,43)44/h9,11-12,15,17,19,22-23,25-26,29,31H,7-8,10,13-14,16,18,20-21H2,1-6H3,(H,46,50)(H,47,52)(H,53,54)/b11-9-/t22-,23+,25+,26+,29-,31-,39+/m0/s1. The van der Waals surface area contributed by atoms with Crippen molar-refractivity contribution in [2.45, 2.75) is 126 Å². The molecule has 6 rings (SSSR count). The van der Waals surface area contributed by atoms with Crippen LogP contribution in [0.4, 0.5) is 18.0 Å². The smallest absolute Gasteiger partial charge is 0.411 e. The Morgan fingerprint density at radius 2 is 1.88 bits per heavy atom. The molecule has 0 radical (unpaired) electrons. The van der Waals surface area contributed by atoms with E-state index in [1.165, 1.54) is 20.2 Å². The van der Waals surface area contributed by atoms with Gasteiger partial charge in [0.25, 0.3) is 5.91 Å². The van der Waals surface area contributed by atoms with Gasteiger partial charge in [-0.3, -0.25) is 24.0 Å². The van der Waals surface area contributed by atoms with Crippen LogP contribution in [0, 0.1) is 17.8 Å². The summed E-state index contributed by atoms with van der Waals surface area (Å²) in [4.78, 5) is 62.3. The summed E-state index contributed by atoms with van der Waals surface area (Å²) in [6, 6.07) is 1.52. The summed E-state index contributed by atoms with van der Waals surface area (Å²) in [5.41, 5.74) is -4.77. The van der Waals surface area contributed by atoms with Gasteiger partial charge in [0.1, 0.15) is 35.0 Å². The Kier molecular flexibility index (Phi) is 12.0. The molecule has 4 amide bonds. The zero-order valence-corrected chi connectivity index (χ0v) is 35.3. The van der Waals surface area contributed by atoms with Crippen LogP contribution in [0.5, 0.6) is 11.6 Å². The van der Waals surface area contributed by atoms with Crippen LogP contribution in [-0.4, -0.2) is 106 Å². The number of alkyl halides is 3. The molecule has 2 aliphatic heterocycles. The van der Waals surface area contributed by atoms with E-state index in [0.717, 1.165) is 4.90 Å². The number of ether oxygens (including phenoxy) is 2. The minimum absolute atomic E-state index is 0.0424. The fraction of sp³-hybridized carbons (Fsp3) is 0.625. The molecule has 1 aromatic heterocycles. The van der Waals surface area contributed by atoms with E-state index in [4.69, 9.17) is 21.1 Å². The molecule has 0 unspecified atom stereocenters. The molecule has 1 aromatic carbocycles. The third-order valence-corrected chi connectivity index (χ3v) is 15.1. The van der Waals surface area contributed by atoms with Gasteiger partial charge in [-0.25, -0.2) is 18.2 Å². The summed E-state index contributed by atoms with van der Waals surface area (Å²) < 4.78 is 83.5. The van der Waals surface area contributed by atoms with Crippen LogP contribution in [0.3, 0.4) is 0 Å². The predicted molar refractivity (Wildman–Crippen MR) is 211 cm³/mol. The molecule has 324 valence electrons. The molecule has 3 heterocycles. The Balaban J connectivity index is 1.44. The van der Waals surface area contributed by atoms with E-state index in [0.29, 0.717) is 56.1 Å². The molecule has 14 nitrogen and oxygen atoms in total. The number of carbonyl (C=O) groups excluding carboxylic acids is 3. The third-order valence-electron chi connectivity index (χ3n) is 12.6. The molecule has 0 bridgehead atoms. The van der Waals surface area contributed by atoms with Crippen LogP contribution < -0.4 is 19.5 Å². The van der Waals surface area contributed by atoms with Gasteiger partial charge in [-0.1, -0.05) is 44.0 Å². The van der Waals surface area contributed by atoms with Gasteiger partial charge in [0, 0.05) is 23.9 Å². The van der Waals surface area contributed by atoms with E-state index >= 15 is 4.79 Å². The molecular formula is C40H51ClF3N5O9S. The largest absolute Gasteiger partial charge is 0.495 e. The quantitative estimate of drug-likeness (QED) is 0.245. The molecule has 2 saturated carbocycles. The minimum Gasteiger partial charge on any atom is -0.495 e. The highest BCUT2D eigenvalue weighted by molar-refractivity contribution is 7.91. The van der Waals surface area contributed by atoms with Crippen molar-refractivity contribution in [2.75, 3.05) is 13.7 Å². The molecule has 4 aliphatic rings. The maximum Gasteiger partial charge on any atom is 0.411 e. The Bertz CT molecular complexity index is 2150. The number of halogens is 4. The predicted octanol–water partition coefficient (Wildman–Crippen LogP) is 6.21. The first-order chi connectivity index (χ1) is 27.5. The highest BCUT2D eigenvalue weighted by Crippen LogP contribution is 2.48. The Hall–Kier alpha value is -4.32. The molecule has 19 heteroatoms. The van der Waals surface area contributed by atoms with Crippen molar-refractivity contribution >= 4 is 56.2 Å². The number of allylic oxidation sites excluding steroid dienone is 1. The van der Waals surface area contributed by atoms with Crippen molar-refractivity contribution in [1.29, 1.82) is 0 Å². The number of sulfonamides is 1. The number of nitrogens with one attached hydrogen (secondary N) is 2. The monoisotopic (exact) mass is 869 g/mol. The lowest BCUT2D eigenvalue weighted by atomic mass is 9.82. The first kappa shape index (κ1) is 44.2. The van der Waals surface area contributed by atoms with E-state index in [2.05, 4.69) is 15.0 Å². The molecule has 2 aliphatic carbocycles. The second-order valence-electron chi connectivity index (χ2n) is 17.1. The number of nitrogens with zero attached hydrogens (tertiary/aromatic N) is 3. The van der Waals surface area contributed by atoms with Gasteiger partial charge in [-0.05, 0) is 94.7 Å². The number of hydrogen-bond donors (Lipinski definition) is 3. The number of benzene rings is 1. The van der Waals surface area contributed by atoms with Crippen LogP contribution in [-0.2, 0) is 24.4 Å². The van der Waals surface area contributed by atoms with Crippen molar-refractivity contribution < 1.29 is 55.3 Å². The van der Waals surface area contributed by atoms with Gasteiger partial charge in [0.2, 0.25) is 27.7 Å². The van der Waals surface area contributed by atoms with E-state index in [1.807, 2.05) is 13.0 Å². The van der Waals surface area contributed by atoms with Gasteiger partial charge < -0.3 is 24.8 Å². The molecule has 3 fully saturated rings. The van der Waals surface area contributed by atoms with Crippen LogP contribution in [0.25, 0.3) is 10.8 Å². The summed E-state index contributed by atoms with van der Waals surface area (Å²) in [7, 11) is -2.68. The zero-order valence-electron chi connectivity index (χ0n) is 33.8. The summed E-state index contributed by atoms with van der Waals surface area (Å²) in [6.07, 6.45) is -1.32. The highest BCUT2D eigenvalue weighted by atomic mass is 35.5. The minimum atomic E-state index is -5.10. The molecule has 3 N–H and O–H groups in total. The molecule has 1 saturated heterocycles. The lowest BCUT2D eigenvalue weighted by molar-refractivity contribution is -0.222. The number of carbonyl (C=O) groups is 4. The van der Waals surface area contributed by atoms with E-state index in [-0.39, 0.29) is 53.9 Å². The number of methoxy groups -OCH3 is 1. The van der Waals surface area contributed by atoms with Crippen LogP contribution in [0.15, 0.2) is 36.5 Å². The number of fused-ring (bicyclic) bond motifs is 3. The van der Waals surface area contributed by atoms with Crippen molar-refractivity contribution in [2.24, 2.45) is 17.8 Å². The Morgan fingerprint density at radius 3 is 2.49 bits per heavy atom. The zero-order chi connectivity index (χ0) is 43.5. The number of aromatic nitrogens is 1. The van der Waals surface area contributed by atoms with Crippen molar-refractivity contribution in [3.63, 3.8) is 0 Å². The van der Waals surface area contributed by atoms with Crippen LogP contribution in [0.2, 0.25) is 5.02 Å². The number of amides is 4. The maximum atomic E-state index is 15.1. The number of pyridine rings is 1. The third kappa shape index (κ3) is 8.40. The van der Waals surface area contributed by atoms with Crippen LogP contribution >= 0.6 is 11.6 Å². The van der Waals surface area contributed by atoms with Gasteiger partial charge >= 0.3 is 12.3 Å². The molecule has 2 aromatic rings. The average Bonchev–Trinajstić information content (AvgIpc) is 4.03. The molecule has 59 heavy (non-hydrogen) atoms. The Labute approximate surface area is 346 Å². The summed E-state index contributed by atoms with van der Waals surface area (Å²) >= 11 is 6.44. The van der Waals surface area contributed by atoms with Gasteiger partial charge in [-0.15, -0.1) is 0 Å². The summed E-state index contributed by atoms with van der Waals surface area (Å²) in [5.74, 6) is -4.16. The van der Waals surface area contributed by atoms with Crippen molar-refractivity contribution in [3.05, 3.63) is 41.6 Å². The van der Waals surface area contributed by atoms with Crippen LogP contribution in [0.1, 0.15) is 86.0 Å². The van der Waals surface area contributed by atoms with Gasteiger partial charge in [-0.2, -0.15) is 13.2 Å². The SMILES string of the molecule is CC[C@@H]1C[C@@H](C)CC/C=C\[C@@H]2C[C@@]2(C(=O)NS(=O)(=O)C2(C)CC2)NC(=O)[C@@H]2C[C@@H](Oc3nccc4cc(OC)c(Cl)cc34)CN2C(=O)[C@H]1N(C(=O)O)C(C)(C)C(F)(F)F. The van der Waals surface area contributed by atoms with Gasteiger partial charge in [0.05, 0.1) is 23.4 Å². The maximum absolute atomic E-state index is 15.1. The first-order valence-corrected chi connectivity index (χ1v) is 21.6. The van der Waals surface area contributed by atoms with E-state index in [9.17, 15) is 41.1 Å². The molecule has 0 spiro atoms. The fourth-order valence-corrected chi connectivity index (χ4v) is 9.88. The van der Waals surface area contributed by atoms with Crippen molar-refractivity contribution in [3.8, 4) is 11.6 Å². The molecular weight excluding hydrogens is 819 g/mol. The second kappa shape index (κ2) is 15.9. The number of rotatable bonds is 9. The first-order valence-electron chi connectivity index (χ1n) is 19.7. The Morgan fingerprint density at radius 1 is 1.19 bits per heavy atom. The highest BCUT2D eigenvalue weighted by Gasteiger charge is 2.64. The van der Waals surface area contributed by atoms with E-state index < -0.39 is 85.9 Å². The fourth-order valence-electron chi connectivity index (χ4n) is 8.33. The number of hydrogen-bond acceptors (Lipinski definition) is 9. The lowest BCUT2D eigenvalue weighted by Gasteiger charge is -2.46. The van der Waals surface area contributed by atoms with E-state index in [1.54, 1.807) is 31.2 Å². The van der Waals surface area contributed by atoms with Crippen molar-refractivity contribution in [1.82, 2.24) is 24.8 Å². The average molecular weight is 870 g/mol. The molecule has 7 atom stereocenters. The number of carboxylic acid groups (broad SMARTS) is 1. The lowest BCUT2D eigenvalue weighted by Crippen LogP contribution is -2.66. The normalized spacial score (nSPS) is 29.2.